The number of nitrogens with one attached hydrogen (secondary N) is 1. The average molecular weight is 461 g/mol. The number of methoxy groups -OCH3 is 1. The van der Waals surface area contributed by atoms with Crippen LogP contribution in [0, 0.1) is 0 Å². The second-order valence-electron chi connectivity index (χ2n) is 8.97. The zero-order valence-corrected chi connectivity index (χ0v) is 20.5. The summed E-state index contributed by atoms with van der Waals surface area (Å²) in [6.07, 6.45) is 5.75. The predicted octanol–water partition coefficient (Wildman–Crippen LogP) is 3.24. The number of nitrogens with zero attached hydrogens (tertiary/aromatic N) is 3. The first-order chi connectivity index (χ1) is 15.3. The molecule has 0 saturated carbocycles. The number of para-hydroxylation sites is 1. The van der Waals surface area contributed by atoms with Crippen LogP contribution in [0.1, 0.15) is 63.2 Å². The van der Waals surface area contributed by atoms with Crippen molar-refractivity contribution in [1.82, 2.24) is 20.2 Å². The van der Waals surface area contributed by atoms with Gasteiger partial charge in [-0.15, -0.1) is 0 Å². The first-order valence-corrected chi connectivity index (χ1v) is 12.1. The van der Waals surface area contributed by atoms with Gasteiger partial charge < -0.3 is 15.0 Å². The number of rotatable bonds is 10. The molecule has 1 atom stereocenters. The van der Waals surface area contributed by atoms with Crippen LogP contribution in [0.3, 0.4) is 0 Å². The van der Waals surface area contributed by atoms with Gasteiger partial charge in [0.15, 0.2) is 10.9 Å². The van der Waals surface area contributed by atoms with Crippen LogP contribution in [0.15, 0.2) is 24.3 Å². The third kappa shape index (κ3) is 4.82. The van der Waals surface area contributed by atoms with Crippen LogP contribution >= 0.6 is 12.2 Å². The van der Waals surface area contributed by atoms with E-state index in [1.54, 1.807) is 24.3 Å². The molecule has 7 nitrogen and oxygen atoms in total. The van der Waals surface area contributed by atoms with Crippen LogP contribution in [0.25, 0.3) is 0 Å². The molecule has 2 fully saturated rings. The van der Waals surface area contributed by atoms with Gasteiger partial charge >= 0.3 is 0 Å². The highest BCUT2D eigenvalue weighted by Gasteiger charge is 2.52. The number of hydrogen-bond acceptors (Lipinski definition) is 6. The summed E-state index contributed by atoms with van der Waals surface area (Å²) in [6, 6.07) is 6.67. The number of ether oxygens (including phenoxy) is 1. The van der Waals surface area contributed by atoms with Gasteiger partial charge in [0, 0.05) is 26.2 Å². The maximum absolute atomic E-state index is 13.5. The van der Waals surface area contributed by atoms with Gasteiger partial charge in [0.05, 0.1) is 12.7 Å². The summed E-state index contributed by atoms with van der Waals surface area (Å²) in [7, 11) is 1.56. The molecule has 0 bridgehead atoms. The fraction of sp³-hybridized carbons (Fsp3) is 0.625. The Morgan fingerprint density at radius 2 is 1.94 bits per heavy atom. The lowest BCUT2D eigenvalue weighted by molar-refractivity contribution is -0.144. The minimum absolute atomic E-state index is 0.0733. The van der Waals surface area contributed by atoms with Gasteiger partial charge in [-0.3, -0.25) is 9.59 Å². The highest BCUT2D eigenvalue weighted by Crippen LogP contribution is 2.32. The second kappa shape index (κ2) is 10.7. The molecular weight excluding hydrogens is 424 g/mol. The summed E-state index contributed by atoms with van der Waals surface area (Å²) < 4.78 is 5.41. The highest BCUT2D eigenvalue weighted by molar-refractivity contribution is 7.80. The first-order valence-electron chi connectivity index (χ1n) is 11.6. The van der Waals surface area contributed by atoms with E-state index >= 15 is 0 Å². The summed E-state index contributed by atoms with van der Waals surface area (Å²) in [4.78, 5) is 29.1. The summed E-state index contributed by atoms with van der Waals surface area (Å²) >= 11 is 5.81. The van der Waals surface area contributed by atoms with E-state index in [9.17, 15) is 9.59 Å². The minimum Gasteiger partial charge on any atom is -0.496 e. The third-order valence-corrected chi connectivity index (χ3v) is 6.83. The Morgan fingerprint density at radius 3 is 2.66 bits per heavy atom. The van der Waals surface area contributed by atoms with E-state index in [-0.39, 0.29) is 11.7 Å². The number of ketones is 1. The van der Waals surface area contributed by atoms with E-state index in [1.165, 1.54) is 19.3 Å². The molecule has 3 rings (SSSR count). The number of carbonyl (C=O) groups is 2. The van der Waals surface area contributed by atoms with E-state index in [1.807, 2.05) is 35.9 Å². The van der Waals surface area contributed by atoms with E-state index < -0.39 is 11.6 Å². The van der Waals surface area contributed by atoms with Crippen molar-refractivity contribution >= 4 is 29.0 Å². The Kier molecular flexibility index (Phi) is 8.25. The SMILES string of the molecule is CCCCCCCN1C(=S)N(N2CCNCC2C(=O)c2ccccc2OC)C(=O)C1(C)C. The molecule has 1 unspecified atom stereocenters. The Morgan fingerprint density at radius 1 is 1.22 bits per heavy atom. The van der Waals surface area contributed by atoms with Crippen molar-refractivity contribution in [3.63, 3.8) is 0 Å². The van der Waals surface area contributed by atoms with Gasteiger partial charge in [-0.25, -0.2) is 5.01 Å². The Hall–Kier alpha value is -2.03. The zero-order valence-electron chi connectivity index (χ0n) is 19.7. The fourth-order valence-corrected chi connectivity index (χ4v) is 4.99. The highest BCUT2D eigenvalue weighted by atomic mass is 32.1. The van der Waals surface area contributed by atoms with Crippen LogP contribution in [-0.4, -0.2) is 76.6 Å². The molecule has 176 valence electrons. The number of Topliss-reactive ketones (excluding diaryl/α,β-unsaturated/α-hetero) is 1. The molecule has 32 heavy (non-hydrogen) atoms. The minimum atomic E-state index is -0.731. The van der Waals surface area contributed by atoms with Crippen molar-refractivity contribution in [1.29, 1.82) is 0 Å². The molecule has 1 amide bonds. The lowest BCUT2D eigenvalue weighted by Gasteiger charge is -2.40. The predicted molar refractivity (Wildman–Crippen MR) is 130 cm³/mol. The molecule has 8 heteroatoms. The Balaban J connectivity index is 1.81. The number of amides is 1. The van der Waals surface area contributed by atoms with Gasteiger partial charge in [0.25, 0.3) is 5.91 Å². The van der Waals surface area contributed by atoms with E-state index in [4.69, 9.17) is 17.0 Å². The average Bonchev–Trinajstić information content (AvgIpc) is 2.97. The number of unbranched alkanes of at least 4 members (excludes halogenated alkanes) is 4. The van der Waals surface area contributed by atoms with Crippen molar-refractivity contribution in [3.8, 4) is 5.75 Å². The van der Waals surface area contributed by atoms with Crippen molar-refractivity contribution in [2.45, 2.75) is 64.5 Å². The van der Waals surface area contributed by atoms with Crippen molar-refractivity contribution in [2.75, 3.05) is 33.3 Å². The van der Waals surface area contributed by atoms with Gasteiger partial charge in [-0.2, -0.15) is 5.01 Å². The van der Waals surface area contributed by atoms with Crippen LogP contribution in [-0.2, 0) is 4.79 Å². The van der Waals surface area contributed by atoms with E-state index in [2.05, 4.69) is 12.2 Å². The van der Waals surface area contributed by atoms with Gasteiger partial charge in [-0.1, -0.05) is 44.7 Å². The molecule has 2 saturated heterocycles. The van der Waals surface area contributed by atoms with Crippen LogP contribution < -0.4 is 10.1 Å². The second-order valence-corrected chi connectivity index (χ2v) is 9.34. The largest absolute Gasteiger partial charge is 0.496 e. The zero-order chi connectivity index (χ0) is 23.3. The lowest BCUT2D eigenvalue weighted by atomic mass is 10.0. The molecule has 2 aliphatic rings. The molecule has 1 N–H and O–H groups in total. The van der Waals surface area contributed by atoms with E-state index in [0.29, 0.717) is 36.1 Å². The normalized spacial score (nSPS) is 21.3. The third-order valence-electron chi connectivity index (χ3n) is 6.44. The standard InChI is InChI=1S/C24H36N4O3S/c1-5-6-7-8-11-15-26-23(32)28(22(30)24(26,2)3)27-16-14-25-17-19(27)21(29)18-12-9-10-13-20(18)31-4/h9-10,12-13,19,25H,5-8,11,14-17H2,1-4H3. The summed E-state index contributed by atoms with van der Waals surface area (Å²) in [5.74, 6) is 0.379. The maximum atomic E-state index is 13.5. The number of benzene rings is 1. The van der Waals surface area contributed by atoms with Gasteiger partial charge in [-0.05, 0) is 44.6 Å². The molecule has 0 aliphatic carbocycles. The summed E-state index contributed by atoms with van der Waals surface area (Å²) in [5.41, 5.74) is -0.219. The molecule has 0 radical (unpaired) electrons. The number of hydrogen-bond donors (Lipinski definition) is 1. The van der Waals surface area contributed by atoms with Crippen molar-refractivity contribution in [2.24, 2.45) is 0 Å². The maximum Gasteiger partial charge on any atom is 0.268 e. The van der Waals surface area contributed by atoms with Crippen molar-refractivity contribution < 1.29 is 14.3 Å². The molecule has 0 aromatic heterocycles. The van der Waals surface area contributed by atoms with Crippen molar-refractivity contribution in [3.05, 3.63) is 29.8 Å². The monoisotopic (exact) mass is 460 g/mol. The van der Waals surface area contributed by atoms with Gasteiger partial charge in [0.2, 0.25) is 0 Å². The Labute approximate surface area is 197 Å². The smallest absolute Gasteiger partial charge is 0.268 e. The fourth-order valence-electron chi connectivity index (χ4n) is 4.48. The lowest BCUT2D eigenvalue weighted by Crippen LogP contribution is -2.63. The first kappa shape index (κ1) is 24.6. The summed E-state index contributed by atoms with van der Waals surface area (Å²) in [5, 5.41) is 7.23. The van der Waals surface area contributed by atoms with Gasteiger partial charge in [0.1, 0.15) is 17.3 Å². The molecular formula is C24H36N4O3S. The molecule has 2 aliphatic heterocycles. The number of hydrazine groups is 1. The quantitative estimate of drug-likeness (QED) is 0.327. The van der Waals surface area contributed by atoms with E-state index in [0.717, 1.165) is 19.4 Å². The molecule has 1 aromatic carbocycles. The Bertz CT molecular complexity index is 844. The van der Waals surface area contributed by atoms with Crippen LogP contribution in [0.5, 0.6) is 5.75 Å². The molecule has 2 heterocycles. The summed E-state index contributed by atoms with van der Waals surface area (Å²) in [6.45, 7) is 8.44. The molecule has 1 aromatic rings. The number of carbonyl (C=O) groups excluding carboxylic acids is 2. The van der Waals surface area contributed by atoms with Crippen LogP contribution in [0.4, 0.5) is 0 Å². The number of piperazine rings is 1. The number of thiocarbonyl (C=S) groups is 1. The van der Waals surface area contributed by atoms with Crippen LogP contribution in [0.2, 0.25) is 0 Å². The topological polar surface area (TPSA) is 65.1 Å². The molecule has 0 spiro atoms.